The van der Waals surface area contributed by atoms with E-state index in [-0.39, 0.29) is 43.3 Å². The summed E-state index contributed by atoms with van der Waals surface area (Å²) in [5, 5.41) is 2.28. The van der Waals surface area contributed by atoms with Gasteiger partial charge in [0.05, 0.1) is 23.0 Å². The van der Waals surface area contributed by atoms with Crippen molar-refractivity contribution in [2.45, 2.75) is 82.0 Å². The van der Waals surface area contributed by atoms with Crippen LogP contribution in [-0.2, 0) is 4.74 Å². The SMILES string of the molecule is CC(C)(C)OC(=O)N1C2CC(F)C1CN(c1nc(OC[C@@]34CCCN3C[C@H](F)C4)nc3c(F)c(-c4cccc5cccc(Cl)c45)ncc13)C2. The maximum atomic E-state index is 16.8. The quantitative estimate of drug-likeness (QED) is 0.218. The first kappa shape index (κ1) is 32.3. The van der Waals surface area contributed by atoms with E-state index in [0.29, 0.717) is 40.1 Å². The second-order valence-corrected chi connectivity index (χ2v) is 15.2. The average molecular weight is 695 g/mol. The molecule has 4 aliphatic rings. The Bertz CT molecular complexity index is 1960. The number of fused-ring (bicyclic) bond motifs is 5. The lowest BCUT2D eigenvalue weighted by Gasteiger charge is -2.41. The molecule has 49 heavy (non-hydrogen) atoms. The van der Waals surface area contributed by atoms with Crippen LogP contribution in [0.4, 0.5) is 23.8 Å². The first-order valence-corrected chi connectivity index (χ1v) is 17.2. The normalized spacial score (nSPS) is 26.9. The van der Waals surface area contributed by atoms with Crippen LogP contribution in [0.25, 0.3) is 32.9 Å². The highest BCUT2D eigenvalue weighted by atomic mass is 35.5. The molecule has 8 rings (SSSR count). The molecule has 0 radical (unpaired) electrons. The Morgan fingerprint density at radius 3 is 2.67 bits per heavy atom. The van der Waals surface area contributed by atoms with Crippen LogP contribution in [0.1, 0.15) is 46.5 Å². The molecule has 4 saturated heterocycles. The Morgan fingerprint density at radius 1 is 1.10 bits per heavy atom. The van der Waals surface area contributed by atoms with Crippen LogP contribution in [0.5, 0.6) is 6.01 Å². The van der Waals surface area contributed by atoms with Crippen molar-refractivity contribution >= 4 is 45.2 Å². The molecule has 258 valence electrons. The number of halogens is 4. The van der Waals surface area contributed by atoms with Gasteiger partial charge in [0.1, 0.15) is 41.6 Å². The largest absolute Gasteiger partial charge is 0.461 e. The molecule has 2 aromatic carbocycles. The van der Waals surface area contributed by atoms with E-state index < -0.39 is 47.5 Å². The zero-order chi connectivity index (χ0) is 34.2. The fourth-order valence-electron chi connectivity index (χ4n) is 8.32. The molecule has 3 unspecified atom stereocenters. The van der Waals surface area contributed by atoms with Crippen LogP contribution >= 0.6 is 11.6 Å². The van der Waals surface area contributed by atoms with Crippen LogP contribution in [0.2, 0.25) is 5.02 Å². The van der Waals surface area contributed by atoms with Gasteiger partial charge in [-0.25, -0.2) is 18.0 Å². The summed E-state index contributed by atoms with van der Waals surface area (Å²) < 4.78 is 58.7. The van der Waals surface area contributed by atoms with Crippen LogP contribution < -0.4 is 9.64 Å². The molecule has 5 atom stereocenters. The molecular weight excluding hydrogens is 657 g/mol. The maximum Gasteiger partial charge on any atom is 0.411 e. The van der Waals surface area contributed by atoms with Crippen molar-refractivity contribution in [1.29, 1.82) is 0 Å². The number of piperazine rings is 1. The van der Waals surface area contributed by atoms with Crippen molar-refractivity contribution in [3.63, 3.8) is 0 Å². The minimum atomic E-state index is -1.27. The lowest BCUT2D eigenvalue weighted by Crippen LogP contribution is -2.58. The standard InChI is InChI=1S/C36H38ClF3N6O3/c1-35(2,3)49-34(47)46-22-13-26(39)27(46)18-44(17-22)32-24-15-41-30(23-9-4-7-20-8-5-10-25(37)28(20)23)29(40)31(24)42-33(43-32)48-19-36-11-6-12-45(36)16-21(38)14-36/h4-5,7-10,15,21-22,26-27H,6,11-14,16-19H2,1-3H3/t21-,22?,26?,27?,36+/m1/s1. The topological polar surface area (TPSA) is 83.9 Å². The average Bonchev–Trinajstić information content (AvgIpc) is 3.64. The molecule has 0 saturated carbocycles. The first-order chi connectivity index (χ1) is 23.4. The van der Waals surface area contributed by atoms with Gasteiger partial charge in [-0.05, 0) is 51.6 Å². The molecule has 13 heteroatoms. The highest BCUT2D eigenvalue weighted by Crippen LogP contribution is 2.42. The maximum absolute atomic E-state index is 16.8. The van der Waals surface area contributed by atoms with Crippen molar-refractivity contribution in [3.8, 4) is 17.3 Å². The number of aromatic nitrogens is 3. The Labute approximate surface area is 287 Å². The van der Waals surface area contributed by atoms with Crippen molar-refractivity contribution in [2.75, 3.05) is 37.7 Å². The minimum Gasteiger partial charge on any atom is -0.461 e. The summed E-state index contributed by atoms with van der Waals surface area (Å²) in [6.45, 7) is 6.97. The number of nitrogens with zero attached hydrogens (tertiary/aromatic N) is 6. The number of hydrogen-bond acceptors (Lipinski definition) is 8. The molecule has 2 bridgehead atoms. The van der Waals surface area contributed by atoms with Crippen LogP contribution in [-0.4, -0.2) is 99.2 Å². The number of pyridine rings is 1. The number of carbonyl (C=O) groups excluding carboxylic acids is 1. The van der Waals surface area contributed by atoms with Gasteiger partial charge >= 0.3 is 12.1 Å². The Kier molecular flexibility index (Phi) is 7.82. The number of hydrogen-bond donors (Lipinski definition) is 0. The Hall–Kier alpha value is -3.90. The van der Waals surface area contributed by atoms with E-state index in [4.69, 9.17) is 26.1 Å². The molecule has 4 aromatic rings. The molecule has 4 aliphatic heterocycles. The number of rotatable bonds is 5. The summed E-state index contributed by atoms with van der Waals surface area (Å²) in [5.41, 5.74) is -0.644. The van der Waals surface area contributed by atoms with Gasteiger partial charge in [0, 0.05) is 54.6 Å². The number of ether oxygens (including phenoxy) is 2. The van der Waals surface area contributed by atoms with E-state index in [1.165, 1.54) is 11.1 Å². The van der Waals surface area contributed by atoms with Crippen LogP contribution in [0, 0.1) is 5.82 Å². The molecule has 4 fully saturated rings. The van der Waals surface area contributed by atoms with E-state index in [2.05, 4.69) is 14.9 Å². The summed E-state index contributed by atoms with van der Waals surface area (Å²) in [4.78, 5) is 32.6. The van der Waals surface area contributed by atoms with E-state index in [0.717, 1.165) is 24.8 Å². The van der Waals surface area contributed by atoms with Crippen LogP contribution in [0.15, 0.2) is 42.6 Å². The number of anilines is 1. The first-order valence-electron chi connectivity index (χ1n) is 16.9. The van der Waals surface area contributed by atoms with E-state index in [9.17, 15) is 9.18 Å². The van der Waals surface area contributed by atoms with E-state index in [1.807, 2.05) is 29.2 Å². The van der Waals surface area contributed by atoms with Gasteiger partial charge in [0.2, 0.25) is 0 Å². The molecule has 6 heterocycles. The van der Waals surface area contributed by atoms with Gasteiger partial charge in [0.25, 0.3) is 0 Å². The summed E-state index contributed by atoms with van der Waals surface area (Å²) in [6.07, 6.45) is 0.971. The zero-order valence-corrected chi connectivity index (χ0v) is 28.4. The minimum absolute atomic E-state index is 0.0108. The highest BCUT2D eigenvalue weighted by Gasteiger charge is 2.51. The molecule has 1 amide bonds. The molecular formula is C36H38ClF3N6O3. The fourth-order valence-corrected chi connectivity index (χ4v) is 8.61. The lowest BCUT2D eigenvalue weighted by atomic mass is 9.95. The Balaban J connectivity index is 1.21. The number of carbonyl (C=O) groups is 1. The summed E-state index contributed by atoms with van der Waals surface area (Å²) in [5.74, 6) is -0.347. The van der Waals surface area contributed by atoms with E-state index in [1.54, 1.807) is 32.9 Å². The summed E-state index contributed by atoms with van der Waals surface area (Å²) >= 11 is 6.61. The summed E-state index contributed by atoms with van der Waals surface area (Å²) in [6, 6.07) is 9.63. The van der Waals surface area contributed by atoms with Gasteiger partial charge < -0.3 is 14.4 Å². The van der Waals surface area contributed by atoms with Crippen molar-refractivity contribution in [1.82, 2.24) is 24.8 Å². The third-order valence-electron chi connectivity index (χ3n) is 10.4. The molecule has 0 N–H and O–H groups in total. The zero-order valence-electron chi connectivity index (χ0n) is 27.6. The molecule has 0 aliphatic carbocycles. The van der Waals surface area contributed by atoms with Crippen molar-refractivity contribution in [2.24, 2.45) is 0 Å². The van der Waals surface area contributed by atoms with Crippen molar-refractivity contribution in [3.05, 3.63) is 53.4 Å². The van der Waals surface area contributed by atoms with Crippen LogP contribution in [0.3, 0.4) is 0 Å². The number of alkyl halides is 2. The predicted octanol–water partition coefficient (Wildman–Crippen LogP) is 7.13. The second-order valence-electron chi connectivity index (χ2n) is 14.8. The monoisotopic (exact) mass is 694 g/mol. The fraction of sp³-hybridized carbons (Fsp3) is 0.500. The van der Waals surface area contributed by atoms with Gasteiger partial charge in [0.15, 0.2) is 5.82 Å². The van der Waals surface area contributed by atoms with Crippen molar-refractivity contribution < 1.29 is 27.4 Å². The lowest BCUT2D eigenvalue weighted by molar-refractivity contribution is 0.00952. The van der Waals surface area contributed by atoms with Gasteiger partial charge in [-0.3, -0.25) is 14.8 Å². The third-order valence-corrected chi connectivity index (χ3v) is 10.7. The summed E-state index contributed by atoms with van der Waals surface area (Å²) in [7, 11) is 0. The molecule has 9 nitrogen and oxygen atoms in total. The number of amides is 1. The molecule has 0 spiro atoms. The molecule has 2 aromatic heterocycles. The van der Waals surface area contributed by atoms with Gasteiger partial charge in [-0.1, -0.05) is 41.9 Å². The number of benzene rings is 2. The predicted molar refractivity (Wildman–Crippen MR) is 181 cm³/mol. The van der Waals surface area contributed by atoms with Gasteiger partial charge in [-0.15, -0.1) is 0 Å². The van der Waals surface area contributed by atoms with Gasteiger partial charge in [-0.2, -0.15) is 9.97 Å². The Morgan fingerprint density at radius 2 is 1.90 bits per heavy atom. The third kappa shape index (κ3) is 5.60. The van der Waals surface area contributed by atoms with E-state index >= 15 is 8.78 Å². The highest BCUT2D eigenvalue weighted by molar-refractivity contribution is 6.36. The smallest absolute Gasteiger partial charge is 0.411 e. The second kappa shape index (κ2) is 11.9.